The Balaban J connectivity index is 1.63. The summed E-state index contributed by atoms with van der Waals surface area (Å²) in [5, 5.41) is 6.72. The monoisotopic (exact) mass is 351 g/mol. The molecule has 2 aromatic carbocycles. The van der Waals surface area contributed by atoms with Crippen molar-refractivity contribution in [1.82, 2.24) is 4.98 Å². The van der Waals surface area contributed by atoms with Crippen LogP contribution in [0.3, 0.4) is 0 Å². The third kappa shape index (κ3) is 4.37. The van der Waals surface area contributed by atoms with Gasteiger partial charge in [0, 0.05) is 23.5 Å². The lowest BCUT2D eigenvalue weighted by atomic mass is 10.2. The third-order valence-corrected chi connectivity index (χ3v) is 4.27. The first-order chi connectivity index (χ1) is 12.1. The van der Waals surface area contributed by atoms with Crippen molar-refractivity contribution in [3.05, 3.63) is 88.6 Å². The van der Waals surface area contributed by atoms with Crippen LogP contribution in [-0.4, -0.2) is 10.9 Å². The SMILES string of the molecule is Cc1c(Cl)cccc1NC(=O)c1ccc(NCc2ccccc2)nc1. The summed E-state index contributed by atoms with van der Waals surface area (Å²) in [5.41, 5.74) is 3.20. The first kappa shape index (κ1) is 17.0. The van der Waals surface area contributed by atoms with Crippen LogP contribution in [0.2, 0.25) is 5.02 Å². The molecular weight excluding hydrogens is 334 g/mol. The molecule has 2 N–H and O–H groups in total. The Bertz CT molecular complexity index is 864. The second-order valence-corrected chi connectivity index (χ2v) is 6.04. The Kier molecular flexibility index (Phi) is 5.31. The molecule has 0 saturated carbocycles. The van der Waals surface area contributed by atoms with E-state index >= 15 is 0 Å². The van der Waals surface area contributed by atoms with Crippen molar-refractivity contribution < 1.29 is 4.79 Å². The molecule has 1 amide bonds. The van der Waals surface area contributed by atoms with Crippen LogP contribution in [0.5, 0.6) is 0 Å². The molecule has 5 heteroatoms. The molecule has 1 aromatic heterocycles. The Morgan fingerprint density at radius 2 is 1.84 bits per heavy atom. The molecule has 0 aliphatic rings. The molecule has 3 rings (SSSR count). The number of amides is 1. The normalized spacial score (nSPS) is 10.3. The number of aromatic nitrogens is 1. The number of rotatable bonds is 5. The second kappa shape index (κ2) is 7.81. The van der Waals surface area contributed by atoms with Crippen LogP contribution in [-0.2, 0) is 6.54 Å². The van der Waals surface area contributed by atoms with E-state index in [0.717, 1.165) is 11.4 Å². The largest absolute Gasteiger partial charge is 0.366 e. The van der Waals surface area contributed by atoms with Crippen LogP contribution in [0.1, 0.15) is 21.5 Å². The van der Waals surface area contributed by atoms with Crippen molar-refractivity contribution in [2.75, 3.05) is 10.6 Å². The number of anilines is 2. The molecule has 0 atom stereocenters. The maximum Gasteiger partial charge on any atom is 0.257 e. The average Bonchev–Trinajstić information content (AvgIpc) is 2.65. The maximum absolute atomic E-state index is 12.4. The molecule has 3 aromatic rings. The molecule has 0 fully saturated rings. The van der Waals surface area contributed by atoms with E-state index in [4.69, 9.17) is 11.6 Å². The van der Waals surface area contributed by atoms with Gasteiger partial charge in [0.05, 0.1) is 5.56 Å². The van der Waals surface area contributed by atoms with Crippen LogP contribution in [0, 0.1) is 6.92 Å². The predicted molar refractivity (Wildman–Crippen MR) is 102 cm³/mol. The van der Waals surface area contributed by atoms with Crippen molar-refractivity contribution in [1.29, 1.82) is 0 Å². The van der Waals surface area contributed by atoms with Gasteiger partial charge in [-0.25, -0.2) is 4.98 Å². The minimum Gasteiger partial charge on any atom is -0.366 e. The number of hydrogen-bond donors (Lipinski definition) is 2. The Morgan fingerprint density at radius 1 is 1.04 bits per heavy atom. The summed E-state index contributed by atoms with van der Waals surface area (Å²) in [6.45, 7) is 2.55. The summed E-state index contributed by atoms with van der Waals surface area (Å²) in [6, 6.07) is 19.0. The molecule has 4 nitrogen and oxygen atoms in total. The lowest BCUT2D eigenvalue weighted by Crippen LogP contribution is -2.13. The predicted octanol–water partition coefficient (Wildman–Crippen LogP) is 4.91. The van der Waals surface area contributed by atoms with E-state index in [1.807, 2.05) is 43.3 Å². The highest BCUT2D eigenvalue weighted by Gasteiger charge is 2.09. The fourth-order valence-electron chi connectivity index (χ4n) is 2.36. The molecule has 126 valence electrons. The molecule has 0 unspecified atom stereocenters. The van der Waals surface area contributed by atoms with E-state index in [-0.39, 0.29) is 5.91 Å². The molecule has 0 spiro atoms. The number of nitrogens with zero attached hydrogens (tertiary/aromatic N) is 1. The van der Waals surface area contributed by atoms with Crippen molar-refractivity contribution >= 4 is 29.0 Å². The number of carbonyl (C=O) groups excluding carboxylic acids is 1. The number of pyridine rings is 1. The molecular formula is C20H18ClN3O. The zero-order valence-electron chi connectivity index (χ0n) is 13.8. The minimum atomic E-state index is -0.215. The van der Waals surface area contributed by atoms with Crippen molar-refractivity contribution in [2.24, 2.45) is 0 Å². The van der Waals surface area contributed by atoms with Crippen molar-refractivity contribution in [3.63, 3.8) is 0 Å². The molecule has 0 radical (unpaired) electrons. The first-order valence-electron chi connectivity index (χ1n) is 7.94. The van der Waals surface area contributed by atoms with Crippen molar-refractivity contribution in [2.45, 2.75) is 13.5 Å². The smallest absolute Gasteiger partial charge is 0.257 e. The van der Waals surface area contributed by atoms with Crippen LogP contribution >= 0.6 is 11.6 Å². The van der Waals surface area contributed by atoms with Crippen LogP contribution < -0.4 is 10.6 Å². The van der Waals surface area contributed by atoms with E-state index in [9.17, 15) is 4.79 Å². The quantitative estimate of drug-likeness (QED) is 0.686. The molecule has 0 aliphatic carbocycles. The van der Waals surface area contributed by atoms with E-state index in [1.165, 1.54) is 5.56 Å². The van der Waals surface area contributed by atoms with E-state index in [0.29, 0.717) is 22.8 Å². The fourth-order valence-corrected chi connectivity index (χ4v) is 2.53. The van der Waals surface area contributed by atoms with Gasteiger partial charge in [-0.15, -0.1) is 0 Å². The number of nitrogens with one attached hydrogen (secondary N) is 2. The van der Waals surface area contributed by atoms with Gasteiger partial charge in [0.1, 0.15) is 5.82 Å². The summed E-state index contributed by atoms with van der Waals surface area (Å²) in [4.78, 5) is 16.7. The van der Waals surface area contributed by atoms with Gasteiger partial charge in [-0.1, -0.05) is 48.0 Å². The minimum absolute atomic E-state index is 0.215. The summed E-state index contributed by atoms with van der Waals surface area (Å²) >= 11 is 6.08. The van der Waals surface area contributed by atoms with Crippen LogP contribution in [0.25, 0.3) is 0 Å². The lowest BCUT2D eigenvalue weighted by molar-refractivity contribution is 0.102. The van der Waals surface area contributed by atoms with Gasteiger partial charge in [0.15, 0.2) is 0 Å². The van der Waals surface area contributed by atoms with E-state index in [2.05, 4.69) is 15.6 Å². The van der Waals surface area contributed by atoms with Gasteiger partial charge >= 0.3 is 0 Å². The highest BCUT2D eigenvalue weighted by atomic mass is 35.5. The number of benzene rings is 2. The highest BCUT2D eigenvalue weighted by Crippen LogP contribution is 2.23. The summed E-state index contributed by atoms with van der Waals surface area (Å²) < 4.78 is 0. The third-order valence-electron chi connectivity index (χ3n) is 3.86. The van der Waals surface area contributed by atoms with E-state index in [1.54, 1.807) is 30.5 Å². The Hall–Kier alpha value is -2.85. The summed E-state index contributed by atoms with van der Waals surface area (Å²) in [7, 11) is 0. The molecule has 0 saturated heterocycles. The standard InChI is InChI=1S/C20H18ClN3O/c1-14-17(21)8-5-9-18(14)24-20(25)16-10-11-19(23-13-16)22-12-15-6-3-2-4-7-15/h2-11,13H,12H2,1H3,(H,22,23)(H,24,25). The van der Waals surface area contributed by atoms with Gasteiger partial charge in [-0.3, -0.25) is 4.79 Å². The zero-order valence-corrected chi connectivity index (χ0v) is 14.5. The van der Waals surface area contributed by atoms with Crippen molar-refractivity contribution in [3.8, 4) is 0 Å². The molecule has 0 aliphatic heterocycles. The molecule has 0 bridgehead atoms. The average molecular weight is 352 g/mol. The second-order valence-electron chi connectivity index (χ2n) is 5.64. The Labute approximate surface area is 151 Å². The number of halogens is 1. The van der Waals surface area contributed by atoms with Gasteiger partial charge in [-0.05, 0) is 42.3 Å². The van der Waals surface area contributed by atoms with Gasteiger partial charge in [0.2, 0.25) is 0 Å². The topological polar surface area (TPSA) is 54.0 Å². The van der Waals surface area contributed by atoms with Gasteiger partial charge < -0.3 is 10.6 Å². The number of carbonyl (C=O) groups is 1. The van der Waals surface area contributed by atoms with E-state index < -0.39 is 0 Å². The Morgan fingerprint density at radius 3 is 2.56 bits per heavy atom. The summed E-state index contributed by atoms with van der Waals surface area (Å²) in [5.74, 6) is 0.506. The van der Waals surface area contributed by atoms with Gasteiger partial charge in [-0.2, -0.15) is 0 Å². The van der Waals surface area contributed by atoms with Gasteiger partial charge in [0.25, 0.3) is 5.91 Å². The maximum atomic E-state index is 12.4. The molecule has 1 heterocycles. The fraction of sp³-hybridized carbons (Fsp3) is 0.100. The first-order valence-corrected chi connectivity index (χ1v) is 8.31. The lowest BCUT2D eigenvalue weighted by Gasteiger charge is -2.10. The summed E-state index contributed by atoms with van der Waals surface area (Å²) in [6.07, 6.45) is 1.56. The zero-order chi connectivity index (χ0) is 17.6. The molecule has 25 heavy (non-hydrogen) atoms. The van der Waals surface area contributed by atoms with Crippen LogP contribution in [0.4, 0.5) is 11.5 Å². The highest BCUT2D eigenvalue weighted by molar-refractivity contribution is 6.31. The number of hydrogen-bond acceptors (Lipinski definition) is 3. The van der Waals surface area contributed by atoms with Crippen LogP contribution in [0.15, 0.2) is 66.9 Å².